The third-order valence-corrected chi connectivity index (χ3v) is 6.55. The molecule has 0 bridgehead atoms. The van der Waals surface area contributed by atoms with E-state index in [0.717, 1.165) is 19.2 Å². The van der Waals surface area contributed by atoms with Crippen LogP contribution in [0.4, 0.5) is 0 Å². The number of aryl methyl sites for hydroxylation is 1. The molecule has 0 radical (unpaired) electrons. The Labute approximate surface area is 181 Å². The van der Waals surface area contributed by atoms with Crippen LogP contribution in [0.2, 0.25) is 0 Å². The summed E-state index contributed by atoms with van der Waals surface area (Å²) >= 11 is 5.44. The molecule has 0 amide bonds. The SMILES string of the molecule is CCOC(=O)C(/C=C(\I)c1ccc(Br)cc1)NS(=O)(=O)c1ccc(C)cc1. The molecule has 1 atom stereocenters. The van der Waals surface area contributed by atoms with Gasteiger partial charge in [0, 0.05) is 8.05 Å². The van der Waals surface area contributed by atoms with E-state index < -0.39 is 22.0 Å². The highest BCUT2D eigenvalue weighted by molar-refractivity contribution is 14.1. The van der Waals surface area contributed by atoms with Crippen LogP contribution in [0.1, 0.15) is 18.1 Å². The molecule has 0 fully saturated rings. The lowest BCUT2D eigenvalue weighted by Crippen LogP contribution is -2.40. The van der Waals surface area contributed by atoms with Crippen molar-refractivity contribution in [3.05, 3.63) is 70.2 Å². The van der Waals surface area contributed by atoms with Crippen molar-refractivity contribution < 1.29 is 17.9 Å². The Morgan fingerprint density at radius 3 is 2.33 bits per heavy atom. The number of ether oxygens (including phenoxy) is 1. The number of hydrogen-bond donors (Lipinski definition) is 1. The van der Waals surface area contributed by atoms with E-state index in [1.807, 2.05) is 31.2 Å². The first kappa shape index (κ1) is 22.1. The molecule has 2 aromatic rings. The highest BCUT2D eigenvalue weighted by Gasteiger charge is 2.25. The topological polar surface area (TPSA) is 72.5 Å². The lowest BCUT2D eigenvalue weighted by Gasteiger charge is -2.15. The minimum atomic E-state index is -3.88. The minimum Gasteiger partial charge on any atom is -0.465 e. The third kappa shape index (κ3) is 6.41. The molecule has 1 N–H and O–H groups in total. The number of carbonyl (C=O) groups is 1. The Bertz CT molecular complexity index is 925. The second-order valence-corrected chi connectivity index (χ2v) is 9.48. The molecule has 0 saturated heterocycles. The van der Waals surface area contributed by atoms with Gasteiger partial charge < -0.3 is 4.74 Å². The fourth-order valence-electron chi connectivity index (χ4n) is 2.19. The fraction of sp³-hybridized carbons (Fsp3) is 0.211. The Hall–Kier alpha value is -1.23. The number of sulfonamides is 1. The number of esters is 1. The normalized spacial score (nSPS) is 13.3. The van der Waals surface area contributed by atoms with Crippen LogP contribution in [-0.4, -0.2) is 27.0 Å². The van der Waals surface area contributed by atoms with Crippen LogP contribution in [-0.2, 0) is 19.6 Å². The predicted molar refractivity (Wildman–Crippen MR) is 118 cm³/mol. The molecular weight excluding hydrogens is 545 g/mol. The molecule has 0 aliphatic heterocycles. The van der Waals surface area contributed by atoms with Gasteiger partial charge >= 0.3 is 5.97 Å². The molecule has 1 unspecified atom stereocenters. The first-order valence-electron chi connectivity index (χ1n) is 8.12. The zero-order valence-corrected chi connectivity index (χ0v) is 19.3. The molecular formula is C19H19BrINO4S. The molecule has 144 valence electrons. The number of rotatable bonds is 7. The van der Waals surface area contributed by atoms with Gasteiger partial charge in [0.05, 0.1) is 11.5 Å². The number of benzene rings is 2. The summed E-state index contributed by atoms with van der Waals surface area (Å²) in [5.74, 6) is -0.653. The standard InChI is InChI=1S/C19H19BrINO4S/c1-3-26-19(23)18(12-17(21)14-6-8-15(20)9-7-14)22-27(24,25)16-10-4-13(2)5-11-16/h4-12,18,22H,3H2,1-2H3/b17-12-. The second-order valence-electron chi connectivity index (χ2n) is 5.69. The third-order valence-electron chi connectivity index (χ3n) is 3.59. The summed E-state index contributed by atoms with van der Waals surface area (Å²) in [6.07, 6.45) is 1.55. The van der Waals surface area contributed by atoms with Crippen molar-refractivity contribution in [2.75, 3.05) is 6.61 Å². The summed E-state index contributed by atoms with van der Waals surface area (Å²) in [4.78, 5) is 12.4. The van der Waals surface area contributed by atoms with E-state index in [0.29, 0.717) is 0 Å². The van der Waals surface area contributed by atoms with E-state index in [1.54, 1.807) is 25.1 Å². The van der Waals surface area contributed by atoms with Crippen LogP contribution >= 0.6 is 38.5 Å². The molecule has 0 aliphatic rings. The zero-order chi connectivity index (χ0) is 20.0. The molecule has 0 aliphatic carbocycles. The maximum atomic E-state index is 12.7. The Kier molecular flexibility index (Phi) is 8.02. The van der Waals surface area contributed by atoms with E-state index in [-0.39, 0.29) is 11.5 Å². The first-order chi connectivity index (χ1) is 12.7. The van der Waals surface area contributed by atoms with Crippen molar-refractivity contribution in [2.45, 2.75) is 24.8 Å². The van der Waals surface area contributed by atoms with Gasteiger partial charge in [-0.05, 0) is 72.3 Å². The highest BCUT2D eigenvalue weighted by atomic mass is 127. The molecule has 5 nitrogen and oxygen atoms in total. The highest BCUT2D eigenvalue weighted by Crippen LogP contribution is 2.24. The van der Waals surface area contributed by atoms with Gasteiger partial charge in [0.15, 0.2) is 0 Å². The maximum absolute atomic E-state index is 12.7. The van der Waals surface area contributed by atoms with E-state index in [9.17, 15) is 13.2 Å². The van der Waals surface area contributed by atoms with Gasteiger partial charge in [-0.1, -0.05) is 45.8 Å². The molecule has 0 heterocycles. The van der Waals surface area contributed by atoms with Crippen LogP contribution in [0, 0.1) is 6.92 Å². The van der Waals surface area contributed by atoms with Gasteiger partial charge in [-0.2, -0.15) is 4.72 Å². The van der Waals surface area contributed by atoms with Crippen LogP contribution in [0.3, 0.4) is 0 Å². The monoisotopic (exact) mass is 563 g/mol. The van der Waals surface area contributed by atoms with Crippen LogP contribution in [0.15, 0.2) is 64.0 Å². The Morgan fingerprint density at radius 2 is 1.78 bits per heavy atom. The molecule has 8 heteroatoms. The molecule has 2 aromatic carbocycles. The molecule has 0 saturated carbocycles. The first-order valence-corrected chi connectivity index (χ1v) is 11.5. The van der Waals surface area contributed by atoms with Gasteiger partial charge in [-0.15, -0.1) is 0 Å². The summed E-state index contributed by atoms with van der Waals surface area (Å²) in [5.41, 5.74) is 1.81. The summed E-state index contributed by atoms with van der Waals surface area (Å²) in [6.45, 7) is 3.70. The molecule has 27 heavy (non-hydrogen) atoms. The number of nitrogens with one attached hydrogen (secondary N) is 1. The van der Waals surface area contributed by atoms with Crippen LogP contribution in [0.5, 0.6) is 0 Å². The fourth-order valence-corrected chi connectivity index (χ4v) is 4.30. The van der Waals surface area contributed by atoms with Crippen molar-refractivity contribution in [1.82, 2.24) is 4.72 Å². The number of hydrogen-bond acceptors (Lipinski definition) is 4. The van der Waals surface area contributed by atoms with Gasteiger partial charge in [0.25, 0.3) is 0 Å². The summed E-state index contributed by atoms with van der Waals surface area (Å²) in [5, 5.41) is 0. The van der Waals surface area contributed by atoms with Crippen molar-refractivity contribution in [1.29, 1.82) is 0 Å². The average molecular weight is 564 g/mol. The van der Waals surface area contributed by atoms with Crippen molar-refractivity contribution in [3.8, 4) is 0 Å². The quantitative estimate of drug-likeness (QED) is 0.399. The largest absolute Gasteiger partial charge is 0.465 e. The van der Waals surface area contributed by atoms with Gasteiger partial charge in [0.2, 0.25) is 10.0 Å². The van der Waals surface area contributed by atoms with Crippen molar-refractivity contribution in [2.24, 2.45) is 0 Å². The van der Waals surface area contributed by atoms with E-state index in [2.05, 4.69) is 43.2 Å². The maximum Gasteiger partial charge on any atom is 0.328 e. The Morgan fingerprint density at radius 1 is 1.19 bits per heavy atom. The van der Waals surface area contributed by atoms with Gasteiger partial charge in [-0.25, -0.2) is 13.2 Å². The lowest BCUT2D eigenvalue weighted by molar-refractivity contribution is -0.143. The Balaban J connectivity index is 2.34. The number of halogens is 2. The summed E-state index contributed by atoms with van der Waals surface area (Å²) in [7, 11) is -3.88. The second kappa shape index (κ2) is 9.81. The van der Waals surface area contributed by atoms with Crippen molar-refractivity contribution in [3.63, 3.8) is 0 Å². The molecule has 0 spiro atoms. The van der Waals surface area contributed by atoms with Gasteiger partial charge in [0.1, 0.15) is 6.04 Å². The molecule has 0 aromatic heterocycles. The smallest absolute Gasteiger partial charge is 0.328 e. The molecule has 2 rings (SSSR count). The minimum absolute atomic E-state index is 0.0921. The average Bonchev–Trinajstić information content (AvgIpc) is 2.62. The van der Waals surface area contributed by atoms with E-state index in [1.165, 1.54) is 12.1 Å². The lowest BCUT2D eigenvalue weighted by atomic mass is 10.2. The predicted octanol–water partition coefficient (Wildman–Crippen LogP) is 4.44. The van der Waals surface area contributed by atoms with E-state index in [4.69, 9.17) is 4.74 Å². The van der Waals surface area contributed by atoms with Crippen LogP contribution in [0.25, 0.3) is 3.58 Å². The zero-order valence-electron chi connectivity index (χ0n) is 14.8. The summed E-state index contributed by atoms with van der Waals surface area (Å²) < 4.78 is 34.5. The summed E-state index contributed by atoms with van der Waals surface area (Å²) in [6, 6.07) is 12.8. The van der Waals surface area contributed by atoms with Crippen molar-refractivity contribution >= 4 is 58.1 Å². The van der Waals surface area contributed by atoms with E-state index >= 15 is 0 Å². The van der Waals surface area contributed by atoms with Gasteiger partial charge in [-0.3, -0.25) is 0 Å². The van der Waals surface area contributed by atoms with Crippen LogP contribution < -0.4 is 4.72 Å². The number of carbonyl (C=O) groups excluding carboxylic acids is 1.